The summed E-state index contributed by atoms with van der Waals surface area (Å²) in [5.41, 5.74) is 2.51. The van der Waals surface area contributed by atoms with Crippen LogP contribution in [0.2, 0.25) is 0 Å². The van der Waals surface area contributed by atoms with Crippen LogP contribution >= 0.6 is 0 Å². The molecular weight excluding hydrogens is 295 g/mol. The van der Waals surface area contributed by atoms with Gasteiger partial charge in [0.05, 0.1) is 11.0 Å². The zero-order valence-corrected chi connectivity index (χ0v) is 12.3. The van der Waals surface area contributed by atoms with Crippen LogP contribution in [0.5, 0.6) is 0 Å². The molecule has 0 saturated heterocycles. The van der Waals surface area contributed by atoms with Crippen LogP contribution in [0.1, 0.15) is 29.5 Å². The van der Waals surface area contributed by atoms with Crippen molar-refractivity contribution in [2.45, 2.75) is 18.4 Å². The molecule has 0 unspecified atom stereocenters. The predicted octanol–water partition coefficient (Wildman–Crippen LogP) is 4.56. The Morgan fingerprint density at radius 2 is 2.00 bits per heavy atom. The Morgan fingerprint density at radius 3 is 2.78 bits per heavy atom. The molecule has 0 bridgehead atoms. The number of nitro groups is 1. The SMILES string of the molecule is O=[N+]([O-])c1ccc2c(c1)[C@H]1C=CC[C@@H]1[C@H](c1ccccc1F)N2. The Morgan fingerprint density at radius 1 is 1.17 bits per heavy atom. The third-order valence-corrected chi connectivity index (χ3v) is 4.80. The second kappa shape index (κ2) is 5.19. The molecule has 0 radical (unpaired) electrons. The normalized spacial score (nSPS) is 24.7. The molecule has 4 rings (SSSR count). The minimum Gasteiger partial charge on any atom is -0.378 e. The van der Waals surface area contributed by atoms with Crippen molar-refractivity contribution in [1.29, 1.82) is 0 Å². The van der Waals surface area contributed by atoms with Gasteiger partial charge >= 0.3 is 0 Å². The maximum absolute atomic E-state index is 14.2. The number of anilines is 1. The molecule has 116 valence electrons. The third-order valence-electron chi connectivity index (χ3n) is 4.80. The van der Waals surface area contributed by atoms with Crippen LogP contribution in [0.15, 0.2) is 54.6 Å². The highest BCUT2D eigenvalue weighted by molar-refractivity contribution is 5.62. The van der Waals surface area contributed by atoms with E-state index in [0.29, 0.717) is 5.56 Å². The van der Waals surface area contributed by atoms with Gasteiger partial charge in [0, 0.05) is 29.3 Å². The number of nitrogens with zero attached hydrogens (tertiary/aromatic N) is 1. The summed E-state index contributed by atoms with van der Waals surface area (Å²) in [7, 11) is 0. The molecule has 4 nitrogen and oxygen atoms in total. The topological polar surface area (TPSA) is 55.2 Å². The van der Waals surface area contributed by atoms with Crippen molar-refractivity contribution >= 4 is 11.4 Å². The largest absolute Gasteiger partial charge is 0.378 e. The van der Waals surface area contributed by atoms with Crippen molar-refractivity contribution in [1.82, 2.24) is 0 Å². The smallest absolute Gasteiger partial charge is 0.269 e. The number of nitrogens with one attached hydrogen (secondary N) is 1. The van der Waals surface area contributed by atoms with Crippen molar-refractivity contribution in [2.75, 3.05) is 5.32 Å². The lowest BCUT2D eigenvalue weighted by Crippen LogP contribution is -2.29. The first-order chi connectivity index (χ1) is 11.1. The van der Waals surface area contributed by atoms with Crippen molar-refractivity contribution < 1.29 is 9.31 Å². The van der Waals surface area contributed by atoms with E-state index in [2.05, 4.69) is 17.5 Å². The summed E-state index contributed by atoms with van der Waals surface area (Å²) in [6.45, 7) is 0. The van der Waals surface area contributed by atoms with Crippen LogP contribution in [-0.4, -0.2) is 4.92 Å². The quantitative estimate of drug-likeness (QED) is 0.502. The zero-order valence-electron chi connectivity index (χ0n) is 12.3. The standard InChI is InChI=1S/C18H15FN2O2/c19-16-7-2-1-4-14(16)18-13-6-3-5-12(13)15-10-11(21(22)23)8-9-17(15)20-18/h1-5,7-10,12-13,18,20H,6H2/t12-,13-,18+/m0/s1. The van der Waals surface area contributed by atoms with Crippen LogP contribution in [0.3, 0.4) is 0 Å². The highest BCUT2D eigenvalue weighted by Crippen LogP contribution is 2.50. The van der Waals surface area contributed by atoms with Gasteiger partial charge in [-0.05, 0) is 30.0 Å². The minimum atomic E-state index is -0.378. The van der Waals surface area contributed by atoms with Crippen LogP contribution < -0.4 is 5.32 Å². The Balaban J connectivity index is 1.81. The van der Waals surface area contributed by atoms with Crippen LogP contribution in [0.4, 0.5) is 15.8 Å². The Bertz CT molecular complexity index is 818. The molecule has 1 heterocycles. The summed E-state index contributed by atoms with van der Waals surface area (Å²) in [6.07, 6.45) is 5.00. The second-order valence-electron chi connectivity index (χ2n) is 6.03. The van der Waals surface area contributed by atoms with Gasteiger partial charge in [-0.25, -0.2) is 4.39 Å². The number of rotatable bonds is 2. The van der Waals surface area contributed by atoms with Gasteiger partial charge in [-0.3, -0.25) is 10.1 Å². The molecule has 1 N–H and O–H groups in total. The lowest BCUT2D eigenvalue weighted by molar-refractivity contribution is -0.384. The molecule has 0 spiro atoms. The van der Waals surface area contributed by atoms with Gasteiger partial charge in [-0.2, -0.15) is 0 Å². The van der Waals surface area contributed by atoms with E-state index in [1.54, 1.807) is 24.3 Å². The maximum Gasteiger partial charge on any atom is 0.269 e. The highest BCUT2D eigenvalue weighted by atomic mass is 19.1. The van der Waals surface area contributed by atoms with Gasteiger partial charge in [0.2, 0.25) is 0 Å². The average molecular weight is 310 g/mol. The van der Waals surface area contributed by atoms with E-state index in [-0.39, 0.29) is 34.3 Å². The number of benzene rings is 2. The number of halogens is 1. The van der Waals surface area contributed by atoms with Gasteiger partial charge in [-0.1, -0.05) is 30.4 Å². The van der Waals surface area contributed by atoms with Gasteiger partial charge in [0.1, 0.15) is 5.82 Å². The minimum absolute atomic E-state index is 0.0794. The summed E-state index contributed by atoms with van der Waals surface area (Å²) in [5.74, 6) is 0.0261. The number of non-ortho nitro benzene ring substituents is 1. The number of hydrogen-bond donors (Lipinski definition) is 1. The predicted molar refractivity (Wildman–Crippen MR) is 85.8 cm³/mol. The van der Waals surface area contributed by atoms with E-state index in [1.807, 2.05) is 6.07 Å². The van der Waals surface area contributed by atoms with Crippen molar-refractivity contribution in [3.05, 3.63) is 81.7 Å². The molecule has 0 fully saturated rings. The molecule has 1 aliphatic carbocycles. The number of allylic oxidation sites excluding steroid dienone is 2. The number of hydrogen-bond acceptors (Lipinski definition) is 3. The van der Waals surface area contributed by atoms with E-state index >= 15 is 0 Å². The van der Waals surface area contributed by atoms with E-state index in [1.165, 1.54) is 12.1 Å². The van der Waals surface area contributed by atoms with Crippen molar-refractivity contribution in [3.63, 3.8) is 0 Å². The fourth-order valence-electron chi connectivity index (χ4n) is 3.73. The Kier molecular flexibility index (Phi) is 3.15. The maximum atomic E-state index is 14.2. The molecule has 0 aromatic heterocycles. The average Bonchev–Trinajstić information content (AvgIpc) is 3.04. The summed E-state index contributed by atoms with van der Waals surface area (Å²) >= 11 is 0. The van der Waals surface area contributed by atoms with Gasteiger partial charge in [-0.15, -0.1) is 0 Å². The number of fused-ring (bicyclic) bond motifs is 3. The first kappa shape index (κ1) is 13.9. The Hall–Kier alpha value is -2.69. The molecular formula is C18H15FN2O2. The molecule has 2 aromatic rings. The fraction of sp³-hybridized carbons (Fsp3) is 0.222. The summed E-state index contributed by atoms with van der Waals surface area (Å²) in [4.78, 5) is 10.6. The Labute approximate surface area is 132 Å². The van der Waals surface area contributed by atoms with Crippen LogP contribution in [-0.2, 0) is 0 Å². The molecule has 5 heteroatoms. The lowest BCUT2D eigenvalue weighted by Gasteiger charge is -2.37. The van der Waals surface area contributed by atoms with E-state index in [0.717, 1.165) is 17.7 Å². The van der Waals surface area contributed by atoms with E-state index in [9.17, 15) is 14.5 Å². The molecule has 23 heavy (non-hydrogen) atoms. The molecule has 2 aromatic carbocycles. The first-order valence-corrected chi connectivity index (χ1v) is 7.61. The van der Waals surface area contributed by atoms with Gasteiger partial charge < -0.3 is 5.32 Å². The summed E-state index contributed by atoms with van der Waals surface area (Å²) in [6, 6.07) is 11.5. The van der Waals surface area contributed by atoms with Crippen molar-refractivity contribution in [2.24, 2.45) is 5.92 Å². The second-order valence-corrected chi connectivity index (χ2v) is 6.03. The first-order valence-electron chi connectivity index (χ1n) is 7.61. The monoisotopic (exact) mass is 310 g/mol. The molecule has 1 aliphatic heterocycles. The van der Waals surface area contributed by atoms with Crippen LogP contribution in [0, 0.1) is 21.8 Å². The third kappa shape index (κ3) is 2.20. The fourth-order valence-corrected chi connectivity index (χ4v) is 3.73. The van der Waals surface area contributed by atoms with Gasteiger partial charge in [0.15, 0.2) is 0 Å². The van der Waals surface area contributed by atoms with Crippen molar-refractivity contribution in [3.8, 4) is 0 Å². The molecule has 3 atom stereocenters. The summed E-state index contributed by atoms with van der Waals surface area (Å²) in [5, 5.41) is 14.4. The highest BCUT2D eigenvalue weighted by Gasteiger charge is 2.39. The zero-order chi connectivity index (χ0) is 16.0. The molecule has 0 amide bonds. The number of nitro benzene ring substituents is 1. The molecule has 0 saturated carbocycles. The van der Waals surface area contributed by atoms with E-state index in [4.69, 9.17) is 0 Å². The lowest BCUT2D eigenvalue weighted by atomic mass is 9.77. The van der Waals surface area contributed by atoms with E-state index < -0.39 is 0 Å². The summed E-state index contributed by atoms with van der Waals surface area (Å²) < 4.78 is 14.2. The molecule has 2 aliphatic rings. The van der Waals surface area contributed by atoms with Gasteiger partial charge in [0.25, 0.3) is 5.69 Å². The van der Waals surface area contributed by atoms with Crippen LogP contribution in [0.25, 0.3) is 0 Å².